The van der Waals surface area contributed by atoms with Crippen LogP contribution in [0.5, 0.6) is 0 Å². The van der Waals surface area contributed by atoms with Crippen LogP contribution in [-0.4, -0.2) is 54.3 Å². The highest BCUT2D eigenvalue weighted by Gasteiger charge is 2.38. The first kappa shape index (κ1) is 12.9. The Hall–Kier alpha value is -1.56. The van der Waals surface area contributed by atoms with Gasteiger partial charge >= 0.3 is 5.97 Å². The fourth-order valence-corrected chi connectivity index (χ4v) is 2.23. The van der Waals surface area contributed by atoms with Gasteiger partial charge in [-0.15, -0.1) is 0 Å². The van der Waals surface area contributed by atoms with Crippen LogP contribution in [0.25, 0.3) is 0 Å². The van der Waals surface area contributed by atoms with Gasteiger partial charge in [0.05, 0.1) is 25.8 Å². The Balaban J connectivity index is 2.07. The molecule has 1 fully saturated rings. The fraction of sp³-hybridized carbons (Fsp3) is 0.667. The van der Waals surface area contributed by atoms with Crippen molar-refractivity contribution in [3.05, 3.63) is 11.3 Å². The van der Waals surface area contributed by atoms with Crippen molar-refractivity contribution in [1.82, 2.24) is 4.90 Å². The highest BCUT2D eigenvalue weighted by Crippen LogP contribution is 2.24. The zero-order chi connectivity index (χ0) is 13.1. The van der Waals surface area contributed by atoms with Crippen LogP contribution in [0.2, 0.25) is 0 Å². The van der Waals surface area contributed by atoms with Crippen LogP contribution in [0.15, 0.2) is 11.3 Å². The van der Waals surface area contributed by atoms with Crippen LogP contribution in [0.3, 0.4) is 0 Å². The van der Waals surface area contributed by atoms with Crippen LogP contribution in [0.1, 0.15) is 19.8 Å². The summed E-state index contributed by atoms with van der Waals surface area (Å²) in [5.74, 6) is -1.62. The van der Waals surface area contributed by atoms with E-state index in [-0.39, 0.29) is 24.8 Å². The molecule has 0 saturated carbocycles. The Morgan fingerprint density at radius 3 is 3.00 bits per heavy atom. The highest BCUT2D eigenvalue weighted by atomic mass is 16.5. The number of ether oxygens (including phenoxy) is 2. The zero-order valence-electron chi connectivity index (χ0n) is 10.3. The lowest BCUT2D eigenvalue weighted by atomic mass is 10.1. The van der Waals surface area contributed by atoms with E-state index < -0.39 is 17.6 Å². The van der Waals surface area contributed by atoms with Crippen LogP contribution in [-0.2, 0) is 19.1 Å². The molecule has 1 unspecified atom stereocenters. The summed E-state index contributed by atoms with van der Waals surface area (Å²) in [5, 5.41) is 9.70. The largest absolute Gasteiger partial charge is 0.503 e. The van der Waals surface area contributed by atoms with E-state index in [1.54, 1.807) is 6.92 Å². The topological polar surface area (TPSA) is 76.1 Å². The molecule has 2 aliphatic rings. The molecule has 0 aliphatic carbocycles. The molecule has 1 amide bonds. The molecular formula is C12H17NO5. The molecule has 1 saturated heterocycles. The van der Waals surface area contributed by atoms with E-state index in [1.807, 2.05) is 0 Å². The normalized spacial score (nSPS) is 24.6. The number of aliphatic hydroxyl groups excluding tert-OH is 1. The maximum absolute atomic E-state index is 11.9. The number of rotatable bonds is 3. The van der Waals surface area contributed by atoms with Crippen molar-refractivity contribution in [2.75, 3.05) is 26.4 Å². The average molecular weight is 255 g/mol. The van der Waals surface area contributed by atoms with Crippen molar-refractivity contribution in [2.45, 2.75) is 25.8 Å². The molecule has 18 heavy (non-hydrogen) atoms. The predicted octanol–water partition coefficient (Wildman–Crippen LogP) is 0.383. The number of esters is 1. The Bertz CT molecular complexity index is 384. The molecule has 2 heterocycles. The minimum atomic E-state index is -0.623. The predicted molar refractivity (Wildman–Crippen MR) is 61.8 cm³/mol. The van der Waals surface area contributed by atoms with Gasteiger partial charge in [-0.1, -0.05) is 0 Å². The molecule has 0 bridgehead atoms. The summed E-state index contributed by atoms with van der Waals surface area (Å²) in [6.45, 7) is 3.16. The first-order valence-corrected chi connectivity index (χ1v) is 6.13. The van der Waals surface area contributed by atoms with Crippen molar-refractivity contribution in [2.24, 2.45) is 0 Å². The quantitative estimate of drug-likeness (QED) is 0.738. The van der Waals surface area contributed by atoms with Crippen LogP contribution >= 0.6 is 0 Å². The molecule has 6 heteroatoms. The Morgan fingerprint density at radius 2 is 2.39 bits per heavy atom. The van der Waals surface area contributed by atoms with Crippen molar-refractivity contribution in [3.63, 3.8) is 0 Å². The summed E-state index contributed by atoms with van der Waals surface area (Å²) in [4.78, 5) is 24.9. The van der Waals surface area contributed by atoms with E-state index in [4.69, 9.17) is 9.47 Å². The van der Waals surface area contributed by atoms with Gasteiger partial charge in [0.1, 0.15) is 5.57 Å². The Labute approximate surface area is 105 Å². The van der Waals surface area contributed by atoms with Gasteiger partial charge in [-0.05, 0) is 19.8 Å². The number of hydrogen-bond donors (Lipinski definition) is 1. The summed E-state index contributed by atoms with van der Waals surface area (Å²) >= 11 is 0. The molecule has 0 aromatic carbocycles. The summed E-state index contributed by atoms with van der Waals surface area (Å²) in [6.07, 6.45) is 1.71. The minimum absolute atomic E-state index is 0.0485. The first-order valence-electron chi connectivity index (χ1n) is 6.13. The zero-order valence-corrected chi connectivity index (χ0v) is 10.3. The third-order valence-corrected chi connectivity index (χ3v) is 3.18. The average Bonchev–Trinajstić information content (AvgIpc) is 2.68. The van der Waals surface area contributed by atoms with Crippen molar-refractivity contribution in [1.29, 1.82) is 0 Å². The van der Waals surface area contributed by atoms with Crippen molar-refractivity contribution < 1.29 is 24.2 Å². The van der Waals surface area contributed by atoms with Crippen molar-refractivity contribution in [3.8, 4) is 0 Å². The number of carbonyl (C=O) groups is 2. The molecule has 6 nitrogen and oxygen atoms in total. The molecule has 1 N–H and O–H groups in total. The second kappa shape index (κ2) is 5.39. The lowest BCUT2D eigenvalue weighted by Gasteiger charge is -2.30. The summed E-state index contributed by atoms with van der Waals surface area (Å²) in [6, 6.07) is -0.0691. The van der Waals surface area contributed by atoms with E-state index in [2.05, 4.69) is 0 Å². The second-order valence-corrected chi connectivity index (χ2v) is 4.35. The molecule has 1 atom stereocenters. The lowest BCUT2D eigenvalue weighted by Crippen LogP contribution is -2.43. The molecule has 2 aliphatic heterocycles. The molecule has 2 rings (SSSR count). The van der Waals surface area contributed by atoms with Crippen molar-refractivity contribution >= 4 is 11.9 Å². The lowest BCUT2D eigenvalue weighted by molar-refractivity contribution is -0.138. The van der Waals surface area contributed by atoms with Gasteiger partial charge in [-0.25, -0.2) is 4.79 Å². The minimum Gasteiger partial charge on any atom is -0.503 e. The van der Waals surface area contributed by atoms with Gasteiger partial charge in [0, 0.05) is 6.61 Å². The number of carbonyl (C=O) groups excluding carboxylic acids is 2. The smallest absolute Gasteiger partial charge is 0.339 e. The third kappa shape index (κ3) is 2.33. The van der Waals surface area contributed by atoms with Gasteiger partial charge < -0.3 is 19.5 Å². The fourth-order valence-electron chi connectivity index (χ4n) is 2.23. The third-order valence-electron chi connectivity index (χ3n) is 3.18. The van der Waals surface area contributed by atoms with E-state index in [1.165, 1.54) is 4.90 Å². The standard InChI is InChI=1S/C12H17NO5/c1-2-18-12(16)9-6-13(11(15)10(9)14)8-4-3-5-17-7-8/h8,14H,2-7H2,1H3. The Morgan fingerprint density at radius 1 is 1.61 bits per heavy atom. The number of aliphatic hydroxyl groups is 1. The number of nitrogens with zero attached hydrogens (tertiary/aromatic N) is 1. The molecule has 0 aromatic rings. The SMILES string of the molecule is CCOC(=O)C1=C(O)C(=O)N(C2CCCOC2)C1. The number of hydrogen-bond acceptors (Lipinski definition) is 5. The van der Waals surface area contributed by atoms with Gasteiger partial charge in [-0.3, -0.25) is 4.79 Å². The molecule has 0 radical (unpaired) electrons. The monoisotopic (exact) mass is 255 g/mol. The van der Waals surface area contributed by atoms with Gasteiger partial charge in [0.25, 0.3) is 5.91 Å². The summed E-state index contributed by atoms with van der Waals surface area (Å²) in [5.41, 5.74) is 0.0485. The molecule has 0 spiro atoms. The highest BCUT2D eigenvalue weighted by molar-refractivity contribution is 6.05. The summed E-state index contributed by atoms with van der Waals surface area (Å²) < 4.78 is 10.1. The van der Waals surface area contributed by atoms with Crippen LogP contribution in [0.4, 0.5) is 0 Å². The van der Waals surface area contributed by atoms with Gasteiger partial charge in [0.15, 0.2) is 5.76 Å². The summed E-state index contributed by atoms with van der Waals surface area (Å²) in [7, 11) is 0. The first-order chi connectivity index (χ1) is 8.65. The van der Waals surface area contributed by atoms with Crippen LogP contribution in [0, 0.1) is 0 Å². The van der Waals surface area contributed by atoms with E-state index in [0.717, 1.165) is 12.8 Å². The van der Waals surface area contributed by atoms with Crippen LogP contribution < -0.4 is 0 Å². The van der Waals surface area contributed by atoms with Gasteiger partial charge in [0.2, 0.25) is 0 Å². The second-order valence-electron chi connectivity index (χ2n) is 4.35. The molecular weight excluding hydrogens is 238 g/mol. The van der Waals surface area contributed by atoms with E-state index >= 15 is 0 Å². The molecule has 100 valence electrons. The Kier molecular flexibility index (Phi) is 3.86. The van der Waals surface area contributed by atoms with E-state index in [0.29, 0.717) is 13.2 Å². The maximum atomic E-state index is 11.9. The van der Waals surface area contributed by atoms with E-state index in [9.17, 15) is 14.7 Å². The maximum Gasteiger partial charge on any atom is 0.339 e. The van der Waals surface area contributed by atoms with Gasteiger partial charge in [-0.2, -0.15) is 0 Å². The molecule has 0 aromatic heterocycles. The number of amides is 1.